The Morgan fingerprint density at radius 3 is 2.00 bits per heavy atom. The number of carbonyl (C=O) groups excluding carboxylic acids is 3. The minimum atomic E-state index is -0.820. The SMILES string of the molecule is CC(C)OC(=O)c1ccc(N2C(=O)C(=O)/C(=C(/O)c3ccccc3)C2c2ccccc2)cc1. The number of carbonyl (C=O) groups is 3. The summed E-state index contributed by atoms with van der Waals surface area (Å²) in [5.74, 6) is -2.22. The van der Waals surface area contributed by atoms with Gasteiger partial charge in [0, 0.05) is 11.3 Å². The maximum Gasteiger partial charge on any atom is 0.338 e. The van der Waals surface area contributed by atoms with E-state index in [1.54, 1.807) is 80.6 Å². The van der Waals surface area contributed by atoms with Crippen LogP contribution < -0.4 is 4.90 Å². The molecule has 1 saturated heterocycles. The highest BCUT2D eigenvalue weighted by atomic mass is 16.5. The first-order valence-corrected chi connectivity index (χ1v) is 10.6. The molecule has 1 fully saturated rings. The van der Waals surface area contributed by atoms with Gasteiger partial charge in [0.2, 0.25) is 0 Å². The van der Waals surface area contributed by atoms with E-state index >= 15 is 0 Å². The van der Waals surface area contributed by atoms with E-state index in [1.807, 2.05) is 18.2 Å². The molecule has 3 aromatic carbocycles. The maximum absolute atomic E-state index is 13.1. The number of Topliss-reactive ketones (excluding diaryl/α,β-unsaturated/α-hetero) is 1. The highest BCUT2D eigenvalue weighted by Crippen LogP contribution is 2.42. The summed E-state index contributed by atoms with van der Waals surface area (Å²) in [6, 6.07) is 23.2. The summed E-state index contributed by atoms with van der Waals surface area (Å²) in [6.45, 7) is 3.52. The van der Waals surface area contributed by atoms with Gasteiger partial charge in [0.1, 0.15) is 5.76 Å². The molecule has 0 saturated carbocycles. The fraction of sp³-hybridized carbons (Fsp3) is 0.148. The average molecular weight is 441 g/mol. The predicted molar refractivity (Wildman–Crippen MR) is 125 cm³/mol. The molecule has 0 bridgehead atoms. The van der Waals surface area contributed by atoms with Gasteiger partial charge in [-0.2, -0.15) is 0 Å². The van der Waals surface area contributed by atoms with E-state index in [-0.39, 0.29) is 17.4 Å². The van der Waals surface area contributed by atoms with E-state index in [0.717, 1.165) is 0 Å². The van der Waals surface area contributed by atoms with Crippen LogP contribution in [0.3, 0.4) is 0 Å². The molecule has 1 aliphatic rings. The molecule has 3 aromatic rings. The smallest absolute Gasteiger partial charge is 0.338 e. The first-order valence-electron chi connectivity index (χ1n) is 10.6. The third kappa shape index (κ3) is 4.28. The van der Waals surface area contributed by atoms with E-state index < -0.39 is 23.7 Å². The van der Waals surface area contributed by atoms with Crippen LogP contribution in [-0.4, -0.2) is 28.9 Å². The van der Waals surface area contributed by atoms with Crippen LogP contribution in [0.1, 0.15) is 41.4 Å². The summed E-state index contributed by atoms with van der Waals surface area (Å²) in [7, 11) is 0. The number of amides is 1. The van der Waals surface area contributed by atoms with Crippen LogP contribution in [0.2, 0.25) is 0 Å². The highest BCUT2D eigenvalue weighted by molar-refractivity contribution is 6.51. The van der Waals surface area contributed by atoms with Crippen LogP contribution in [0.5, 0.6) is 0 Å². The van der Waals surface area contributed by atoms with Crippen molar-refractivity contribution in [3.05, 3.63) is 107 Å². The zero-order valence-electron chi connectivity index (χ0n) is 18.3. The number of ether oxygens (including phenoxy) is 1. The molecule has 1 heterocycles. The Kier molecular flexibility index (Phi) is 6.09. The molecule has 1 unspecified atom stereocenters. The van der Waals surface area contributed by atoms with Crippen molar-refractivity contribution in [2.24, 2.45) is 0 Å². The van der Waals surface area contributed by atoms with Gasteiger partial charge in [0.25, 0.3) is 11.7 Å². The monoisotopic (exact) mass is 441 g/mol. The van der Waals surface area contributed by atoms with Crippen molar-refractivity contribution in [2.45, 2.75) is 26.0 Å². The van der Waals surface area contributed by atoms with Crippen LogP contribution in [-0.2, 0) is 14.3 Å². The molecule has 1 N–H and O–H groups in total. The molecule has 1 atom stereocenters. The number of nitrogens with zero attached hydrogens (tertiary/aromatic N) is 1. The number of aliphatic hydroxyl groups excluding tert-OH is 1. The van der Waals surface area contributed by atoms with Gasteiger partial charge < -0.3 is 9.84 Å². The summed E-state index contributed by atoms with van der Waals surface area (Å²) >= 11 is 0. The van der Waals surface area contributed by atoms with Crippen LogP contribution in [0.4, 0.5) is 5.69 Å². The number of hydrogen-bond acceptors (Lipinski definition) is 5. The Balaban J connectivity index is 1.81. The molecule has 1 amide bonds. The summed E-state index contributed by atoms with van der Waals surface area (Å²) < 4.78 is 5.21. The molecule has 0 spiro atoms. The first kappa shape index (κ1) is 22.0. The van der Waals surface area contributed by atoms with Gasteiger partial charge in [0.05, 0.1) is 23.3 Å². The largest absolute Gasteiger partial charge is 0.507 e. The Hall–Kier alpha value is -4.19. The van der Waals surface area contributed by atoms with Gasteiger partial charge in [-0.05, 0) is 43.7 Å². The second kappa shape index (κ2) is 9.12. The second-order valence-corrected chi connectivity index (χ2v) is 7.95. The quantitative estimate of drug-likeness (QED) is 0.264. The fourth-order valence-corrected chi connectivity index (χ4v) is 3.84. The number of hydrogen-bond donors (Lipinski definition) is 1. The topological polar surface area (TPSA) is 83.9 Å². The van der Waals surface area contributed by atoms with Crippen molar-refractivity contribution >= 4 is 29.1 Å². The lowest BCUT2D eigenvalue weighted by Gasteiger charge is -2.25. The molecule has 6 nitrogen and oxygen atoms in total. The van der Waals surface area contributed by atoms with Gasteiger partial charge in [-0.15, -0.1) is 0 Å². The Labute approximate surface area is 191 Å². The van der Waals surface area contributed by atoms with E-state index in [1.165, 1.54) is 4.90 Å². The van der Waals surface area contributed by atoms with E-state index in [0.29, 0.717) is 22.4 Å². The minimum Gasteiger partial charge on any atom is -0.507 e. The third-order valence-electron chi connectivity index (χ3n) is 5.33. The van der Waals surface area contributed by atoms with Crippen molar-refractivity contribution in [1.29, 1.82) is 0 Å². The van der Waals surface area contributed by atoms with Gasteiger partial charge in [-0.3, -0.25) is 14.5 Å². The molecular weight excluding hydrogens is 418 g/mol. The molecule has 33 heavy (non-hydrogen) atoms. The van der Waals surface area contributed by atoms with Gasteiger partial charge in [0.15, 0.2) is 0 Å². The normalized spacial score (nSPS) is 17.4. The lowest BCUT2D eigenvalue weighted by Crippen LogP contribution is -2.29. The molecule has 4 rings (SSSR count). The molecule has 1 aliphatic heterocycles. The Morgan fingerprint density at radius 1 is 0.848 bits per heavy atom. The summed E-state index contributed by atoms with van der Waals surface area (Å²) in [4.78, 5) is 39.8. The van der Waals surface area contributed by atoms with Gasteiger partial charge >= 0.3 is 5.97 Å². The molecule has 0 aliphatic carbocycles. The van der Waals surface area contributed by atoms with Crippen molar-refractivity contribution < 1.29 is 24.2 Å². The van der Waals surface area contributed by atoms with E-state index in [2.05, 4.69) is 0 Å². The van der Waals surface area contributed by atoms with Crippen LogP contribution in [0.15, 0.2) is 90.5 Å². The zero-order chi connectivity index (χ0) is 23.5. The van der Waals surface area contributed by atoms with Gasteiger partial charge in [-0.25, -0.2) is 4.79 Å². The highest BCUT2D eigenvalue weighted by Gasteiger charge is 2.46. The summed E-state index contributed by atoms with van der Waals surface area (Å²) in [5.41, 5.74) is 1.91. The standard InChI is InChI=1S/C27H23NO5/c1-17(2)33-27(32)20-13-15-21(16-14-20)28-23(18-9-5-3-6-10-18)22(25(30)26(28)31)24(29)19-11-7-4-8-12-19/h3-17,23,29H,1-2H3/b24-22+. The molecule has 6 heteroatoms. The average Bonchev–Trinajstić information content (AvgIpc) is 3.10. The van der Waals surface area contributed by atoms with Crippen LogP contribution in [0.25, 0.3) is 5.76 Å². The molecule has 0 aromatic heterocycles. The number of anilines is 1. The van der Waals surface area contributed by atoms with Crippen LogP contribution in [0, 0.1) is 0 Å². The van der Waals surface area contributed by atoms with Gasteiger partial charge in [-0.1, -0.05) is 60.7 Å². The number of aliphatic hydroxyl groups is 1. The zero-order valence-corrected chi connectivity index (χ0v) is 18.3. The summed E-state index contributed by atoms with van der Waals surface area (Å²) in [5, 5.41) is 11.0. The lowest BCUT2D eigenvalue weighted by molar-refractivity contribution is -0.132. The fourth-order valence-electron chi connectivity index (χ4n) is 3.84. The second-order valence-electron chi connectivity index (χ2n) is 7.95. The minimum absolute atomic E-state index is 0.0145. The van der Waals surface area contributed by atoms with E-state index in [4.69, 9.17) is 4.74 Å². The van der Waals surface area contributed by atoms with Crippen molar-refractivity contribution in [3.8, 4) is 0 Å². The number of benzene rings is 3. The van der Waals surface area contributed by atoms with E-state index in [9.17, 15) is 19.5 Å². The third-order valence-corrected chi connectivity index (χ3v) is 5.33. The molecule has 166 valence electrons. The lowest BCUT2D eigenvalue weighted by atomic mass is 9.95. The number of ketones is 1. The number of esters is 1. The number of rotatable bonds is 5. The molecule has 0 radical (unpaired) electrons. The Morgan fingerprint density at radius 2 is 1.42 bits per heavy atom. The first-order chi connectivity index (χ1) is 15.9. The van der Waals surface area contributed by atoms with Crippen LogP contribution >= 0.6 is 0 Å². The van der Waals surface area contributed by atoms with Crippen molar-refractivity contribution in [2.75, 3.05) is 4.90 Å². The van der Waals surface area contributed by atoms with Crippen molar-refractivity contribution in [3.63, 3.8) is 0 Å². The van der Waals surface area contributed by atoms with Crippen molar-refractivity contribution in [1.82, 2.24) is 0 Å². The predicted octanol–water partition coefficient (Wildman–Crippen LogP) is 4.88. The maximum atomic E-state index is 13.1. The summed E-state index contributed by atoms with van der Waals surface area (Å²) in [6.07, 6.45) is -0.258. The Bertz CT molecular complexity index is 1210. The molecular formula is C27H23NO5.